The Labute approximate surface area is 106 Å². The molecule has 0 atom stereocenters. The zero-order chi connectivity index (χ0) is 14.1. The van der Waals surface area contributed by atoms with Crippen LogP contribution in [-0.4, -0.2) is 24.1 Å². The lowest BCUT2D eigenvalue weighted by molar-refractivity contribution is -0.145. The molecular formula is C13H18O5. The molecule has 0 saturated heterocycles. The third kappa shape index (κ3) is 7.38. The largest absolute Gasteiger partial charge is 0.466 e. The Hall–Kier alpha value is -1.91. The first kappa shape index (κ1) is 16.1. The standard InChI is InChI=1S/C7H8O2.C6H10O3/c1-5-3-4-7(9-5)6(2)8;1-3-9-6(8)4-5(2)7/h3-4H,1-2H3;3-4H2,1-2H3. The number of carbonyl (C=O) groups excluding carboxylic acids is 3. The van der Waals surface area contributed by atoms with Gasteiger partial charge in [0.25, 0.3) is 0 Å². The Kier molecular flexibility index (Phi) is 7.35. The molecular weight excluding hydrogens is 236 g/mol. The van der Waals surface area contributed by atoms with E-state index in [1.54, 1.807) is 19.1 Å². The minimum atomic E-state index is -0.440. The highest BCUT2D eigenvalue weighted by molar-refractivity contribution is 5.94. The van der Waals surface area contributed by atoms with Gasteiger partial charge in [-0.3, -0.25) is 14.4 Å². The summed E-state index contributed by atoms with van der Waals surface area (Å²) in [6.45, 7) is 6.70. The number of hydrogen-bond acceptors (Lipinski definition) is 5. The smallest absolute Gasteiger partial charge is 0.313 e. The predicted octanol–water partition coefficient (Wildman–Crippen LogP) is 2.32. The summed E-state index contributed by atoms with van der Waals surface area (Å²) in [5.74, 6) is 0.592. The van der Waals surface area contributed by atoms with Gasteiger partial charge in [0.15, 0.2) is 11.5 Å². The van der Waals surface area contributed by atoms with Gasteiger partial charge in [0, 0.05) is 6.92 Å². The summed E-state index contributed by atoms with van der Waals surface area (Å²) >= 11 is 0. The van der Waals surface area contributed by atoms with Crippen LogP contribution in [0, 0.1) is 6.92 Å². The first-order valence-corrected chi connectivity index (χ1v) is 5.59. The van der Waals surface area contributed by atoms with Crippen molar-refractivity contribution in [3.63, 3.8) is 0 Å². The van der Waals surface area contributed by atoms with Gasteiger partial charge in [0.2, 0.25) is 0 Å². The molecule has 18 heavy (non-hydrogen) atoms. The van der Waals surface area contributed by atoms with Crippen LogP contribution >= 0.6 is 0 Å². The van der Waals surface area contributed by atoms with E-state index in [0.29, 0.717) is 12.4 Å². The van der Waals surface area contributed by atoms with Crippen molar-refractivity contribution in [1.29, 1.82) is 0 Å². The van der Waals surface area contributed by atoms with Crippen molar-refractivity contribution >= 4 is 17.5 Å². The van der Waals surface area contributed by atoms with Gasteiger partial charge >= 0.3 is 5.97 Å². The number of Topliss-reactive ketones (excluding diaryl/α,β-unsaturated/α-hetero) is 2. The molecule has 0 N–H and O–H groups in total. The molecule has 100 valence electrons. The minimum absolute atomic E-state index is 0.0249. The second-order valence-electron chi connectivity index (χ2n) is 3.65. The molecule has 0 aromatic carbocycles. The van der Waals surface area contributed by atoms with E-state index >= 15 is 0 Å². The summed E-state index contributed by atoms with van der Waals surface area (Å²) in [6, 6.07) is 3.45. The fraction of sp³-hybridized carbons (Fsp3) is 0.462. The molecule has 5 nitrogen and oxygen atoms in total. The third-order valence-corrected chi connectivity index (χ3v) is 1.79. The lowest BCUT2D eigenvalue weighted by Crippen LogP contribution is -2.07. The summed E-state index contributed by atoms with van der Waals surface area (Å²) in [5, 5.41) is 0. The maximum Gasteiger partial charge on any atom is 0.313 e. The number of hydrogen-bond donors (Lipinski definition) is 0. The topological polar surface area (TPSA) is 73.6 Å². The molecule has 0 amide bonds. The molecule has 0 radical (unpaired) electrons. The van der Waals surface area contributed by atoms with Crippen LogP contribution in [0.15, 0.2) is 16.5 Å². The molecule has 0 aliphatic carbocycles. The number of rotatable bonds is 4. The van der Waals surface area contributed by atoms with Gasteiger partial charge in [-0.1, -0.05) is 0 Å². The van der Waals surface area contributed by atoms with Gasteiger partial charge in [-0.05, 0) is 32.9 Å². The number of ketones is 2. The molecule has 1 aromatic rings. The van der Waals surface area contributed by atoms with Crippen molar-refractivity contribution in [3.05, 3.63) is 23.7 Å². The van der Waals surface area contributed by atoms with Crippen LogP contribution in [0.1, 0.15) is 43.5 Å². The summed E-state index contributed by atoms with van der Waals surface area (Å²) in [5.41, 5.74) is 0. The van der Waals surface area contributed by atoms with Crippen molar-refractivity contribution in [2.45, 2.75) is 34.1 Å². The summed E-state index contributed by atoms with van der Waals surface area (Å²) < 4.78 is 9.49. The van der Waals surface area contributed by atoms with Crippen molar-refractivity contribution in [1.82, 2.24) is 0 Å². The number of ether oxygens (including phenoxy) is 1. The Morgan fingerprint density at radius 3 is 2.11 bits per heavy atom. The second kappa shape index (κ2) is 8.22. The quantitative estimate of drug-likeness (QED) is 0.468. The molecule has 1 heterocycles. The van der Waals surface area contributed by atoms with Crippen molar-refractivity contribution in [3.8, 4) is 0 Å². The maximum absolute atomic E-state index is 10.6. The van der Waals surface area contributed by atoms with E-state index < -0.39 is 5.97 Å². The highest BCUT2D eigenvalue weighted by Gasteiger charge is 2.03. The summed E-state index contributed by atoms with van der Waals surface area (Å²) in [6.07, 6.45) is -0.103. The Morgan fingerprint density at radius 1 is 1.22 bits per heavy atom. The molecule has 0 bridgehead atoms. The molecule has 0 aliphatic heterocycles. The molecule has 5 heteroatoms. The minimum Gasteiger partial charge on any atom is -0.466 e. The third-order valence-electron chi connectivity index (χ3n) is 1.79. The molecule has 0 saturated carbocycles. The van der Waals surface area contributed by atoms with Gasteiger partial charge in [-0.2, -0.15) is 0 Å². The van der Waals surface area contributed by atoms with Crippen LogP contribution in [-0.2, 0) is 14.3 Å². The molecule has 0 spiro atoms. The number of furan rings is 1. The van der Waals surface area contributed by atoms with Crippen LogP contribution in [0.25, 0.3) is 0 Å². The molecule has 0 aliphatic rings. The molecule has 1 rings (SSSR count). The SMILES string of the molecule is CC(=O)c1ccc(C)o1.CCOC(=O)CC(C)=O. The van der Waals surface area contributed by atoms with Crippen molar-refractivity contribution in [2.24, 2.45) is 0 Å². The van der Waals surface area contributed by atoms with E-state index in [-0.39, 0.29) is 18.0 Å². The van der Waals surface area contributed by atoms with Gasteiger partial charge in [-0.25, -0.2) is 0 Å². The number of aryl methyl sites for hydroxylation is 1. The first-order valence-electron chi connectivity index (χ1n) is 5.59. The zero-order valence-electron chi connectivity index (χ0n) is 11.1. The summed E-state index contributed by atoms with van der Waals surface area (Å²) in [4.78, 5) is 31.2. The van der Waals surface area contributed by atoms with E-state index in [1.165, 1.54) is 13.8 Å². The van der Waals surface area contributed by atoms with Crippen molar-refractivity contribution in [2.75, 3.05) is 6.61 Å². The van der Waals surface area contributed by atoms with Crippen LogP contribution < -0.4 is 0 Å². The van der Waals surface area contributed by atoms with Gasteiger partial charge in [-0.15, -0.1) is 0 Å². The first-order chi connectivity index (χ1) is 8.36. The normalized spacial score (nSPS) is 9.11. The molecule has 0 unspecified atom stereocenters. The highest BCUT2D eigenvalue weighted by atomic mass is 16.5. The van der Waals surface area contributed by atoms with Gasteiger partial charge in [0.05, 0.1) is 6.61 Å². The van der Waals surface area contributed by atoms with Gasteiger partial charge in [0.1, 0.15) is 18.0 Å². The van der Waals surface area contributed by atoms with E-state index in [1.807, 2.05) is 6.92 Å². The van der Waals surface area contributed by atoms with Gasteiger partial charge < -0.3 is 9.15 Å². The number of esters is 1. The Morgan fingerprint density at radius 2 is 1.83 bits per heavy atom. The van der Waals surface area contributed by atoms with Crippen LogP contribution in [0.5, 0.6) is 0 Å². The van der Waals surface area contributed by atoms with Crippen molar-refractivity contribution < 1.29 is 23.5 Å². The maximum atomic E-state index is 10.6. The van der Waals surface area contributed by atoms with E-state index in [4.69, 9.17) is 4.42 Å². The van der Waals surface area contributed by atoms with E-state index in [9.17, 15) is 14.4 Å². The average Bonchev–Trinajstić information content (AvgIpc) is 2.65. The monoisotopic (exact) mass is 254 g/mol. The van der Waals surface area contributed by atoms with E-state index in [0.717, 1.165) is 5.76 Å². The van der Waals surface area contributed by atoms with E-state index in [2.05, 4.69) is 4.74 Å². The highest BCUT2D eigenvalue weighted by Crippen LogP contribution is 2.05. The fourth-order valence-electron chi connectivity index (χ4n) is 1.04. The Bertz CT molecular complexity index is 417. The molecule has 0 fully saturated rings. The Balaban J connectivity index is 0.000000321. The fourth-order valence-corrected chi connectivity index (χ4v) is 1.04. The molecule has 1 aromatic heterocycles. The lowest BCUT2D eigenvalue weighted by Gasteiger charge is -1.96. The van der Waals surface area contributed by atoms with Crippen LogP contribution in [0.4, 0.5) is 0 Å². The predicted molar refractivity (Wildman–Crippen MR) is 65.4 cm³/mol. The van der Waals surface area contributed by atoms with Crippen LogP contribution in [0.2, 0.25) is 0 Å². The summed E-state index contributed by atoms with van der Waals surface area (Å²) in [7, 11) is 0. The average molecular weight is 254 g/mol. The number of carbonyl (C=O) groups is 3. The zero-order valence-corrected chi connectivity index (χ0v) is 11.1. The second-order valence-corrected chi connectivity index (χ2v) is 3.65. The lowest BCUT2D eigenvalue weighted by atomic mass is 10.3. The van der Waals surface area contributed by atoms with Crippen LogP contribution in [0.3, 0.4) is 0 Å².